The molecule has 1 aromatic heterocycles. The van der Waals surface area contributed by atoms with Crippen LogP contribution in [0.1, 0.15) is 24.0 Å². The summed E-state index contributed by atoms with van der Waals surface area (Å²) < 4.78 is 2.19. The molecule has 1 aromatic rings. The predicted molar refractivity (Wildman–Crippen MR) is 61.6 cm³/mol. The Balaban J connectivity index is 1.89. The van der Waals surface area contributed by atoms with E-state index >= 15 is 0 Å². The Morgan fingerprint density at radius 3 is 3.00 bits per heavy atom. The molecule has 92 valence electrons. The summed E-state index contributed by atoms with van der Waals surface area (Å²) in [5.41, 5.74) is 0. The molecule has 0 bridgehead atoms. The third kappa shape index (κ3) is 1.82. The minimum absolute atomic E-state index is 0.207. The predicted octanol–water partition coefficient (Wildman–Crippen LogP) is -0.631. The highest BCUT2D eigenvalue weighted by molar-refractivity contribution is 5.79. The molecule has 1 unspecified atom stereocenters. The zero-order valence-corrected chi connectivity index (χ0v) is 10.0. The van der Waals surface area contributed by atoms with E-state index in [1.54, 1.807) is 4.90 Å². The molecule has 1 amide bonds. The number of aromatic nitrogens is 3. The quantitative estimate of drug-likeness (QED) is 0.704. The molecule has 3 heterocycles. The molecular weight excluding hydrogens is 218 g/mol. The first kappa shape index (κ1) is 10.7. The molecule has 1 fully saturated rings. The van der Waals surface area contributed by atoms with Crippen molar-refractivity contribution in [3.05, 3.63) is 11.6 Å². The van der Waals surface area contributed by atoms with Crippen LogP contribution in [0.3, 0.4) is 0 Å². The fraction of sp³-hybridized carbons (Fsp3) is 0.727. The number of hydrogen-bond donors (Lipinski definition) is 1. The van der Waals surface area contributed by atoms with Gasteiger partial charge in [0.25, 0.3) is 0 Å². The number of rotatable bonds is 1. The molecule has 1 N–H and O–H groups in total. The molecule has 6 heteroatoms. The highest BCUT2D eigenvalue weighted by atomic mass is 16.2. The van der Waals surface area contributed by atoms with E-state index in [9.17, 15) is 4.79 Å². The lowest BCUT2D eigenvalue weighted by molar-refractivity contribution is -0.126. The molecule has 0 spiro atoms. The van der Waals surface area contributed by atoms with E-state index in [0.29, 0.717) is 6.42 Å². The largest absolute Gasteiger partial charge is 0.345 e. The molecule has 0 saturated carbocycles. The number of hydrogen-bond acceptors (Lipinski definition) is 4. The van der Waals surface area contributed by atoms with Gasteiger partial charge in [0.1, 0.15) is 11.6 Å². The maximum atomic E-state index is 11.6. The van der Waals surface area contributed by atoms with Crippen LogP contribution in [-0.4, -0.2) is 52.3 Å². The monoisotopic (exact) mass is 235 g/mol. The Kier molecular flexibility index (Phi) is 2.58. The van der Waals surface area contributed by atoms with Crippen molar-refractivity contribution in [3.63, 3.8) is 0 Å². The second kappa shape index (κ2) is 4.10. The Labute approximate surface area is 100 Å². The number of amides is 1. The van der Waals surface area contributed by atoms with Crippen LogP contribution < -0.4 is 5.32 Å². The summed E-state index contributed by atoms with van der Waals surface area (Å²) in [5.74, 6) is 2.46. The summed E-state index contributed by atoms with van der Waals surface area (Å²) in [5, 5.41) is 11.9. The topological polar surface area (TPSA) is 63.1 Å². The maximum absolute atomic E-state index is 11.6. The lowest BCUT2D eigenvalue weighted by atomic mass is 10.1. The van der Waals surface area contributed by atoms with Crippen LogP contribution in [0.2, 0.25) is 0 Å². The Bertz CT molecular complexity index is 441. The SMILES string of the molecule is CN1CC(c2nnc3n2CCNCC3)CC1=O. The zero-order valence-electron chi connectivity index (χ0n) is 10.0. The van der Waals surface area contributed by atoms with E-state index in [2.05, 4.69) is 20.1 Å². The van der Waals surface area contributed by atoms with Gasteiger partial charge in [-0.25, -0.2) is 0 Å². The molecule has 2 aliphatic rings. The van der Waals surface area contributed by atoms with Gasteiger partial charge in [-0.3, -0.25) is 4.79 Å². The first-order chi connectivity index (χ1) is 8.25. The third-order valence-electron chi connectivity index (χ3n) is 3.60. The molecule has 0 aromatic carbocycles. The standard InChI is InChI=1S/C11H17N5O/c1-15-7-8(6-10(15)17)11-14-13-9-2-3-12-4-5-16(9)11/h8,12H,2-7H2,1H3. The Hall–Kier alpha value is -1.43. The minimum atomic E-state index is 0.207. The van der Waals surface area contributed by atoms with Gasteiger partial charge in [-0.1, -0.05) is 0 Å². The van der Waals surface area contributed by atoms with Crippen LogP contribution in [0.4, 0.5) is 0 Å². The molecule has 6 nitrogen and oxygen atoms in total. The number of carbonyl (C=O) groups excluding carboxylic acids is 1. The highest BCUT2D eigenvalue weighted by Gasteiger charge is 2.32. The fourth-order valence-corrected chi connectivity index (χ4v) is 2.63. The molecule has 0 aliphatic carbocycles. The molecule has 1 saturated heterocycles. The van der Waals surface area contributed by atoms with Crippen molar-refractivity contribution in [2.45, 2.75) is 25.3 Å². The number of fused-ring (bicyclic) bond motifs is 1. The van der Waals surface area contributed by atoms with Crippen molar-refractivity contribution in [2.24, 2.45) is 0 Å². The molecule has 17 heavy (non-hydrogen) atoms. The first-order valence-electron chi connectivity index (χ1n) is 6.12. The summed E-state index contributed by atoms with van der Waals surface area (Å²) in [7, 11) is 1.85. The average Bonchev–Trinajstić information content (AvgIpc) is 2.76. The smallest absolute Gasteiger partial charge is 0.223 e. The van der Waals surface area contributed by atoms with Gasteiger partial charge in [-0.15, -0.1) is 10.2 Å². The lowest BCUT2D eigenvalue weighted by Crippen LogP contribution is -2.20. The van der Waals surface area contributed by atoms with Crippen LogP contribution in [0.25, 0.3) is 0 Å². The minimum Gasteiger partial charge on any atom is -0.345 e. The average molecular weight is 235 g/mol. The van der Waals surface area contributed by atoms with E-state index < -0.39 is 0 Å². The van der Waals surface area contributed by atoms with Crippen LogP contribution in [-0.2, 0) is 17.8 Å². The normalized spacial score (nSPS) is 24.9. The highest BCUT2D eigenvalue weighted by Crippen LogP contribution is 2.26. The summed E-state index contributed by atoms with van der Waals surface area (Å²) in [6, 6.07) is 0. The van der Waals surface area contributed by atoms with E-state index in [4.69, 9.17) is 0 Å². The van der Waals surface area contributed by atoms with Gasteiger partial charge in [0.2, 0.25) is 5.91 Å². The van der Waals surface area contributed by atoms with Gasteiger partial charge < -0.3 is 14.8 Å². The second-order valence-electron chi connectivity index (χ2n) is 4.80. The number of likely N-dealkylation sites (tertiary alicyclic amines) is 1. The zero-order chi connectivity index (χ0) is 11.8. The van der Waals surface area contributed by atoms with Crippen LogP contribution in [0, 0.1) is 0 Å². The van der Waals surface area contributed by atoms with Crippen LogP contribution >= 0.6 is 0 Å². The van der Waals surface area contributed by atoms with Crippen molar-refractivity contribution in [1.29, 1.82) is 0 Å². The number of nitrogens with zero attached hydrogens (tertiary/aromatic N) is 4. The maximum Gasteiger partial charge on any atom is 0.223 e. The summed E-state index contributed by atoms with van der Waals surface area (Å²) in [6.07, 6.45) is 1.49. The van der Waals surface area contributed by atoms with Crippen LogP contribution in [0.15, 0.2) is 0 Å². The van der Waals surface area contributed by atoms with Gasteiger partial charge in [-0.05, 0) is 0 Å². The molecule has 0 radical (unpaired) electrons. The van der Waals surface area contributed by atoms with Crippen LogP contribution in [0.5, 0.6) is 0 Å². The number of nitrogens with one attached hydrogen (secondary N) is 1. The first-order valence-corrected chi connectivity index (χ1v) is 6.12. The number of carbonyl (C=O) groups is 1. The van der Waals surface area contributed by atoms with Gasteiger partial charge in [0, 0.05) is 52.0 Å². The van der Waals surface area contributed by atoms with Crippen molar-refractivity contribution >= 4 is 5.91 Å². The fourth-order valence-electron chi connectivity index (χ4n) is 2.63. The number of likely N-dealkylation sites (N-methyl/N-ethyl adjacent to an activating group) is 1. The molecule has 1 atom stereocenters. The van der Waals surface area contributed by atoms with E-state index in [1.165, 1.54) is 0 Å². The van der Waals surface area contributed by atoms with E-state index in [1.807, 2.05) is 7.05 Å². The van der Waals surface area contributed by atoms with Gasteiger partial charge in [-0.2, -0.15) is 0 Å². The van der Waals surface area contributed by atoms with E-state index in [-0.39, 0.29) is 11.8 Å². The molecular formula is C11H17N5O. The second-order valence-corrected chi connectivity index (χ2v) is 4.80. The Morgan fingerprint density at radius 2 is 2.24 bits per heavy atom. The van der Waals surface area contributed by atoms with Crippen molar-refractivity contribution < 1.29 is 4.79 Å². The van der Waals surface area contributed by atoms with Crippen molar-refractivity contribution in [1.82, 2.24) is 25.0 Å². The van der Waals surface area contributed by atoms with Crippen molar-refractivity contribution in [3.8, 4) is 0 Å². The van der Waals surface area contributed by atoms with E-state index in [0.717, 1.165) is 44.2 Å². The van der Waals surface area contributed by atoms with Gasteiger partial charge >= 0.3 is 0 Å². The molecule has 2 aliphatic heterocycles. The third-order valence-corrected chi connectivity index (χ3v) is 3.60. The summed E-state index contributed by atoms with van der Waals surface area (Å²) in [6.45, 7) is 3.59. The van der Waals surface area contributed by atoms with Crippen molar-refractivity contribution in [2.75, 3.05) is 26.7 Å². The summed E-state index contributed by atoms with van der Waals surface area (Å²) >= 11 is 0. The lowest BCUT2D eigenvalue weighted by Gasteiger charge is -2.12. The molecule has 3 rings (SSSR count). The van der Waals surface area contributed by atoms with Gasteiger partial charge in [0.15, 0.2) is 0 Å². The summed E-state index contributed by atoms with van der Waals surface area (Å²) in [4.78, 5) is 13.4. The Morgan fingerprint density at radius 1 is 1.35 bits per heavy atom. The van der Waals surface area contributed by atoms with Gasteiger partial charge in [0.05, 0.1) is 0 Å².